The molecule has 1 rings (SSSR count). The van der Waals surface area contributed by atoms with Crippen LogP contribution in [0.4, 0.5) is 0 Å². The van der Waals surface area contributed by atoms with E-state index in [2.05, 4.69) is 0 Å². The molecule has 0 unspecified atom stereocenters. The van der Waals surface area contributed by atoms with Crippen LogP contribution in [0, 0.1) is 0 Å². The largest absolute Gasteiger partial charge is 0.481 e. The Kier molecular flexibility index (Phi) is 9.23. The van der Waals surface area contributed by atoms with Gasteiger partial charge in [-0.05, 0) is 6.42 Å². The molecule has 5 atom stereocenters. The zero-order chi connectivity index (χ0) is 21.4. The Labute approximate surface area is 166 Å². The second-order valence-corrected chi connectivity index (χ2v) is 7.65. The van der Waals surface area contributed by atoms with Gasteiger partial charge in [0.1, 0.15) is 6.61 Å². The summed E-state index contributed by atoms with van der Waals surface area (Å²) in [5.41, 5.74) is 0. The highest BCUT2D eigenvalue weighted by Gasteiger charge is 2.51. The molecule has 11 heteroatoms. The van der Waals surface area contributed by atoms with Crippen LogP contribution in [-0.4, -0.2) is 70.4 Å². The van der Waals surface area contributed by atoms with Crippen molar-refractivity contribution >= 4 is 41.6 Å². The topological polar surface area (TPSA) is 143 Å². The predicted molar refractivity (Wildman–Crippen MR) is 95.3 cm³/mol. The highest BCUT2D eigenvalue weighted by molar-refractivity contribution is 8.00. The first-order valence-corrected chi connectivity index (χ1v) is 9.47. The lowest BCUT2D eigenvalue weighted by Crippen LogP contribution is -2.58. The number of aliphatic carboxylic acids is 1. The summed E-state index contributed by atoms with van der Waals surface area (Å²) in [4.78, 5) is 57.0. The van der Waals surface area contributed by atoms with Crippen molar-refractivity contribution in [2.75, 3.05) is 6.61 Å². The molecule has 1 aliphatic heterocycles. The summed E-state index contributed by atoms with van der Waals surface area (Å²) in [6, 6.07) is 0. The highest BCUT2D eigenvalue weighted by Crippen LogP contribution is 2.40. The zero-order valence-corrected chi connectivity index (χ0v) is 16.9. The Bertz CT molecular complexity index is 575. The molecule has 0 aromatic rings. The number of carbonyl (C=O) groups is 5. The van der Waals surface area contributed by atoms with Crippen LogP contribution in [0.2, 0.25) is 0 Å². The first-order chi connectivity index (χ1) is 13.0. The number of carboxylic acid groups (broad SMARTS) is 1. The van der Waals surface area contributed by atoms with E-state index in [-0.39, 0.29) is 19.4 Å². The first kappa shape index (κ1) is 23.7. The normalized spacial score (nSPS) is 26.6. The number of carbonyl (C=O) groups excluding carboxylic acids is 4. The van der Waals surface area contributed by atoms with Crippen molar-refractivity contribution in [2.24, 2.45) is 0 Å². The summed E-state index contributed by atoms with van der Waals surface area (Å²) in [6.07, 6.45) is -3.40. The molecule has 0 spiro atoms. The van der Waals surface area contributed by atoms with E-state index in [1.807, 2.05) is 0 Å². The van der Waals surface area contributed by atoms with Crippen molar-refractivity contribution < 1.29 is 48.0 Å². The molecule has 0 amide bonds. The van der Waals surface area contributed by atoms with E-state index in [0.717, 1.165) is 32.5 Å². The van der Waals surface area contributed by atoms with Crippen LogP contribution < -0.4 is 0 Å². The van der Waals surface area contributed by atoms with Gasteiger partial charge in [-0.15, -0.1) is 11.8 Å². The summed E-state index contributed by atoms with van der Waals surface area (Å²) in [7, 11) is 0. The molecule has 1 heterocycles. The molecular formula is C17H24O10S. The number of carboxylic acids is 1. The minimum atomic E-state index is -1.18. The summed E-state index contributed by atoms with van der Waals surface area (Å²) >= 11 is 1.16. The summed E-state index contributed by atoms with van der Waals surface area (Å²) in [5.74, 6) is -3.64. The molecule has 0 aliphatic carbocycles. The fourth-order valence-electron chi connectivity index (χ4n) is 2.82. The average molecular weight is 420 g/mol. The third kappa shape index (κ3) is 7.75. The van der Waals surface area contributed by atoms with Gasteiger partial charge in [0.15, 0.2) is 18.3 Å². The van der Waals surface area contributed by atoms with Gasteiger partial charge in [0, 0.05) is 39.4 Å². The summed E-state index contributed by atoms with van der Waals surface area (Å²) < 4.78 is 20.9. The van der Waals surface area contributed by atoms with Crippen molar-refractivity contribution in [3.05, 3.63) is 0 Å². The van der Waals surface area contributed by atoms with Crippen LogP contribution in [0.15, 0.2) is 0 Å². The van der Waals surface area contributed by atoms with E-state index >= 15 is 0 Å². The highest BCUT2D eigenvalue weighted by atomic mass is 32.2. The zero-order valence-electron chi connectivity index (χ0n) is 16.0. The van der Waals surface area contributed by atoms with Gasteiger partial charge in [0.25, 0.3) is 0 Å². The van der Waals surface area contributed by atoms with Gasteiger partial charge in [0.2, 0.25) is 0 Å². The fraction of sp³-hybridized carbons (Fsp3) is 0.706. The van der Waals surface area contributed by atoms with E-state index in [1.54, 1.807) is 0 Å². The second-order valence-electron chi connectivity index (χ2n) is 6.17. The van der Waals surface area contributed by atoms with Gasteiger partial charge < -0.3 is 24.1 Å². The Balaban J connectivity index is 3.26. The molecule has 1 aliphatic rings. The predicted octanol–water partition coefficient (Wildman–Crippen LogP) is 0.693. The van der Waals surface area contributed by atoms with Crippen molar-refractivity contribution in [3.63, 3.8) is 0 Å². The Morgan fingerprint density at radius 2 is 1.21 bits per heavy atom. The number of hydrogen-bond donors (Lipinski definition) is 1. The number of hydrogen-bond acceptors (Lipinski definition) is 10. The van der Waals surface area contributed by atoms with Crippen LogP contribution in [0.3, 0.4) is 0 Å². The summed E-state index contributed by atoms with van der Waals surface area (Å²) in [5, 5.41) is 7.76. The van der Waals surface area contributed by atoms with E-state index < -0.39 is 58.7 Å². The van der Waals surface area contributed by atoms with Crippen molar-refractivity contribution in [1.82, 2.24) is 0 Å². The molecule has 10 nitrogen and oxygen atoms in total. The fourth-order valence-corrected chi connectivity index (χ4v) is 4.40. The van der Waals surface area contributed by atoms with Gasteiger partial charge in [-0.2, -0.15) is 0 Å². The van der Waals surface area contributed by atoms with E-state index in [9.17, 15) is 24.0 Å². The van der Waals surface area contributed by atoms with Gasteiger partial charge in [-0.3, -0.25) is 24.0 Å². The Morgan fingerprint density at radius 3 is 1.64 bits per heavy atom. The minimum Gasteiger partial charge on any atom is -0.481 e. The van der Waals surface area contributed by atoms with Crippen LogP contribution in [0.5, 0.6) is 0 Å². The SMILES string of the molecule is CC(=O)OC[C@@H]1S[C@H](CCC(=O)O)[C@@H](OC(C)=O)[C@@H](OC(C)=O)[C@@H]1OC(C)=O. The average Bonchev–Trinajstić information content (AvgIpc) is 2.54. The second kappa shape index (κ2) is 10.9. The van der Waals surface area contributed by atoms with E-state index in [1.165, 1.54) is 6.92 Å². The van der Waals surface area contributed by atoms with Crippen molar-refractivity contribution in [2.45, 2.75) is 69.3 Å². The van der Waals surface area contributed by atoms with Crippen LogP contribution >= 0.6 is 11.8 Å². The number of esters is 4. The lowest BCUT2D eigenvalue weighted by molar-refractivity contribution is -0.185. The lowest BCUT2D eigenvalue weighted by atomic mass is 9.97. The molecule has 1 saturated heterocycles. The van der Waals surface area contributed by atoms with Gasteiger partial charge >= 0.3 is 29.8 Å². The number of rotatable bonds is 8. The van der Waals surface area contributed by atoms with E-state index in [4.69, 9.17) is 24.1 Å². The molecular weight excluding hydrogens is 396 g/mol. The maximum absolute atomic E-state index is 11.6. The number of thioether (sulfide) groups is 1. The minimum absolute atomic E-state index is 0.0963. The smallest absolute Gasteiger partial charge is 0.303 e. The Morgan fingerprint density at radius 1 is 0.750 bits per heavy atom. The molecule has 158 valence electrons. The van der Waals surface area contributed by atoms with Gasteiger partial charge in [0.05, 0.1) is 5.25 Å². The van der Waals surface area contributed by atoms with Gasteiger partial charge in [-0.25, -0.2) is 0 Å². The number of ether oxygens (including phenoxy) is 4. The molecule has 0 aromatic heterocycles. The molecule has 0 bridgehead atoms. The molecule has 0 saturated carbocycles. The maximum atomic E-state index is 11.6. The Hall–Kier alpha value is -2.30. The van der Waals surface area contributed by atoms with E-state index in [0.29, 0.717) is 0 Å². The van der Waals surface area contributed by atoms with Crippen molar-refractivity contribution in [1.29, 1.82) is 0 Å². The van der Waals surface area contributed by atoms with Crippen LogP contribution in [0.25, 0.3) is 0 Å². The molecule has 1 N–H and O–H groups in total. The molecule has 1 fully saturated rings. The quantitative estimate of drug-likeness (QED) is 0.438. The van der Waals surface area contributed by atoms with Crippen LogP contribution in [-0.2, 0) is 42.9 Å². The lowest BCUT2D eigenvalue weighted by Gasteiger charge is -2.44. The van der Waals surface area contributed by atoms with Crippen molar-refractivity contribution in [3.8, 4) is 0 Å². The standard InChI is InChI=1S/C17H24O10S/c1-8(18)24-7-13-16(26-10(3)20)17(27-11(4)21)15(25-9(2)19)12(28-13)5-6-14(22)23/h12-13,15-17H,5-7H2,1-4H3,(H,22,23)/t12-,13+,15-,16-,17-/m1/s1. The molecule has 28 heavy (non-hydrogen) atoms. The summed E-state index contributed by atoms with van der Waals surface area (Å²) in [6.45, 7) is 4.52. The third-order valence-corrected chi connectivity index (χ3v) is 5.34. The third-order valence-electron chi connectivity index (χ3n) is 3.73. The van der Waals surface area contributed by atoms with Gasteiger partial charge in [-0.1, -0.05) is 0 Å². The molecule has 0 radical (unpaired) electrons. The van der Waals surface area contributed by atoms with Crippen LogP contribution in [0.1, 0.15) is 40.5 Å². The maximum Gasteiger partial charge on any atom is 0.303 e. The molecule has 0 aromatic carbocycles. The first-order valence-electron chi connectivity index (χ1n) is 8.53. The monoisotopic (exact) mass is 420 g/mol.